The van der Waals surface area contributed by atoms with Crippen LogP contribution in [0.3, 0.4) is 0 Å². The molecular formula is C21H24N4S. The van der Waals surface area contributed by atoms with Crippen LogP contribution in [0.1, 0.15) is 50.8 Å². The summed E-state index contributed by atoms with van der Waals surface area (Å²) in [5.41, 5.74) is 3.96. The molecule has 0 N–H and O–H groups in total. The fourth-order valence-electron chi connectivity index (χ4n) is 2.98. The molecular weight excluding hydrogens is 340 g/mol. The average Bonchev–Trinajstić information content (AvgIpc) is 3.39. The average molecular weight is 365 g/mol. The molecule has 0 saturated heterocycles. The van der Waals surface area contributed by atoms with Crippen molar-refractivity contribution in [1.29, 1.82) is 0 Å². The highest BCUT2D eigenvalue weighted by atomic mass is 32.2. The van der Waals surface area contributed by atoms with Crippen molar-refractivity contribution < 1.29 is 0 Å². The van der Waals surface area contributed by atoms with E-state index in [0.717, 1.165) is 22.3 Å². The Hall–Kier alpha value is -2.14. The van der Waals surface area contributed by atoms with Crippen molar-refractivity contribution in [2.24, 2.45) is 0 Å². The van der Waals surface area contributed by atoms with Gasteiger partial charge >= 0.3 is 0 Å². The molecule has 4 nitrogen and oxygen atoms in total. The van der Waals surface area contributed by atoms with E-state index in [9.17, 15) is 0 Å². The first-order chi connectivity index (χ1) is 12.5. The van der Waals surface area contributed by atoms with Crippen LogP contribution in [0, 0.1) is 0 Å². The van der Waals surface area contributed by atoms with Crippen LogP contribution in [-0.4, -0.2) is 19.7 Å². The van der Waals surface area contributed by atoms with Crippen molar-refractivity contribution in [3.05, 3.63) is 59.9 Å². The van der Waals surface area contributed by atoms with Gasteiger partial charge in [0.2, 0.25) is 0 Å². The van der Waals surface area contributed by atoms with E-state index in [1.807, 2.05) is 24.5 Å². The van der Waals surface area contributed by atoms with Crippen LogP contribution in [0.15, 0.2) is 53.9 Å². The van der Waals surface area contributed by atoms with Crippen LogP contribution >= 0.6 is 11.8 Å². The van der Waals surface area contributed by atoms with Crippen LogP contribution in [0.5, 0.6) is 0 Å². The maximum absolute atomic E-state index is 4.48. The van der Waals surface area contributed by atoms with Gasteiger partial charge in [-0.25, -0.2) is 0 Å². The lowest BCUT2D eigenvalue weighted by molar-refractivity contribution is 0.590. The van der Waals surface area contributed by atoms with Crippen LogP contribution in [-0.2, 0) is 11.2 Å². The molecule has 3 aromatic rings. The summed E-state index contributed by atoms with van der Waals surface area (Å²) < 4.78 is 2.31. The Balaban J connectivity index is 1.53. The molecule has 4 rings (SSSR count). The summed E-state index contributed by atoms with van der Waals surface area (Å²) in [4.78, 5) is 4.11. The Labute approximate surface area is 159 Å². The zero-order chi connectivity index (χ0) is 18.1. The molecule has 1 aliphatic rings. The molecule has 1 aliphatic carbocycles. The molecule has 2 aromatic heterocycles. The van der Waals surface area contributed by atoms with Gasteiger partial charge in [0.1, 0.15) is 0 Å². The number of hydrogen-bond donors (Lipinski definition) is 0. The highest BCUT2D eigenvalue weighted by molar-refractivity contribution is 7.98. The van der Waals surface area contributed by atoms with Crippen molar-refractivity contribution in [1.82, 2.24) is 19.7 Å². The Morgan fingerprint density at radius 2 is 1.69 bits per heavy atom. The predicted molar refractivity (Wildman–Crippen MR) is 106 cm³/mol. The van der Waals surface area contributed by atoms with Gasteiger partial charge in [-0.3, -0.25) is 9.55 Å². The first-order valence-electron chi connectivity index (χ1n) is 9.10. The van der Waals surface area contributed by atoms with E-state index in [2.05, 4.69) is 64.8 Å². The van der Waals surface area contributed by atoms with Gasteiger partial charge in [-0.15, -0.1) is 10.2 Å². The van der Waals surface area contributed by atoms with Crippen molar-refractivity contribution in [2.45, 2.75) is 56.0 Å². The van der Waals surface area contributed by atoms with Gasteiger partial charge in [0.15, 0.2) is 11.0 Å². The molecule has 2 heterocycles. The lowest BCUT2D eigenvalue weighted by atomic mass is 9.87. The van der Waals surface area contributed by atoms with Crippen LogP contribution in [0.25, 0.3) is 11.4 Å². The molecule has 0 amide bonds. The summed E-state index contributed by atoms with van der Waals surface area (Å²) in [6.07, 6.45) is 6.05. The lowest BCUT2D eigenvalue weighted by Gasteiger charge is -2.19. The maximum Gasteiger partial charge on any atom is 0.192 e. The van der Waals surface area contributed by atoms with Gasteiger partial charge in [0, 0.05) is 29.8 Å². The molecule has 0 atom stereocenters. The molecule has 0 unspecified atom stereocenters. The molecule has 0 bridgehead atoms. The first kappa shape index (κ1) is 17.3. The van der Waals surface area contributed by atoms with E-state index in [4.69, 9.17) is 0 Å². The number of nitrogens with zero attached hydrogens (tertiary/aromatic N) is 4. The third-order valence-electron chi connectivity index (χ3n) is 4.70. The quantitative estimate of drug-likeness (QED) is 0.579. The standard InChI is InChI=1S/C21H24N4S/c1-21(2,3)17-6-4-15(5-7-17)14-26-20-24-23-19(25(20)18-8-9-18)16-10-12-22-13-11-16/h4-7,10-13,18H,8-9,14H2,1-3H3. The van der Waals surface area contributed by atoms with E-state index >= 15 is 0 Å². The number of aromatic nitrogens is 4. The van der Waals surface area contributed by atoms with Gasteiger partial charge in [-0.2, -0.15) is 0 Å². The number of pyridine rings is 1. The summed E-state index contributed by atoms with van der Waals surface area (Å²) in [7, 11) is 0. The van der Waals surface area contributed by atoms with E-state index in [-0.39, 0.29) is 5.41 Å². The number of rotatable bonds is 5. The van der Waals surface area contributed by atoms with E-state index in [1.165, 1.54) is 24.0 Å². The second kappa shape index (κ2) is 6.88. The summed E-state index contributed by atoms with van der Waals surface area (Å²) in [5.74, 6) is 1.87. The zero-order valence-electron chi connectivity index (χ0n) is 15.5. The summed E-state index contributed by atoms with van der Waals surface area (Å²) >= 11 is 1.77. The molecule has 1 fully saturated rings. The number of benzene rings is 1. The first-order valence-corrected chi connectivity index (χ1v) is 10.1. The fourth-order valence-corrected chi connectivity index (χ4v) is 3.95. The largest absolute Gasteiger partial charge is 0.299 e. The van der Waals surface area contributed by atoms with Crippen molar-refractivity contribution in [3.8, 4) is 11.4 Å². The second-order valence-corrected chi connectivity index (χ2v) is 8.82. The van der Waals surface area contributed by atoms with E-state index in [1.54, 1.807) is 11.8 Å². The summed E-state index contributed by atoms with van der Waals surface area (Å²) in [5, 5.41) is 9.97. The normalized spacial score (nSPS) is 14.6. The minimum atomic E-state index is 0.192. The molecule has 1 saturated carbocycles. The smallest absolute Gasteiger partial charge is 0.192 e. The van der Waals surface area contributed by atoms with Gasteiger partial charge in [-0.05, 0) is 41.5 Å². The predicted octanol–water partition coefficient (Wildman–Crippen LogP) is 5.26. The number of hydrogen-bond acceptors (Lipinski definition) is 4. The van der Waals surface area contributed by atoms with Crippen LogP contribution < -0.4 is 0 Å². The minimum absolute atomic E-state index is 0.192. The minimum Gasteiger partial charge on any atom is -0.299 e. The Bertz CT molecular complexity index is 875. The molecule has 0 radical (unpaired) electrons. The molecule has 134 valence electrons. The van der Waals surface area contributed by atoms with Crippen LogP contribution in [0.4, 0.5) is 0 Å². The van der Waals surface area contributed by atoms with E-state index in [0.29, 0.717) is 6.04 Å². The van der Waals surface area contributed by atoms with Crippen molar-refractivity contribution in [2.75, 3.05) is 0 Å². The van der Waals surface area contributed by atoms with Gasteiger partial charge in [0.25, 0.3) is 0 Å². The van der Waals surface area contributed by atoms with E-state index < -0.39 is 0 Å². The third-order valence-corrected chi connectivity index (χ3v) is 5.72. The highest BCUT2D eigenvalue weighted by Crippen LogP contribution is 2.41. The second-order valence-electron chi connectivity index (χ2n) is 7.88. The Morgan fingerprint density at radius 3 is 2.31 bits per heavy atom. The lowest BCUT2D eigenvalue weighted by Crippen LogP contribution is -2.10. The fraction of sp³-hybridized carbons (Fsp3) is 0.381. The van der Waals surface area contributed by atoms with Gasteiger partial charge in [0.05, 0.1) is 0 Å². The zero-order valence-corrected chi connectivity index (χ0v) is 16.3. The summed E-state index contributed by atoms with van der Waals surface area (Å²) in [6, 6.07) is 13.5. The molecule has 5 heteroatoms. The molecule has 26 heavy (non-hydrogen) atoms. The van der Waals surface area contributed by atoms with Crippen molar-refractivity contribution >= 4 is 11.8 Å². The SMILES string of the molecule is CC(C)(C)c1ccc(CSc2nnc(-c3ccncc3)n2C2CC2)cc1. The van der Waals surface area contributed by atoms with Gasteiger partial charge < -0.3 is 0 Å². The molecule has 0 spiro atoms. The third kappa shape index (κ3) is 3.68. The van der Waals surface area contributed by atoms with Crippen LogP contribution in [0.2, 0.25) is 0 Å². The highest BCUT2D eigenvalue weighted by Gasteiger charge is 2.30. The van der Waals surface area contributed by atoms with Crippen molar-refractivity contribution in [3.63, 3.8) is 0 Å². The topological polar surface area (TPSA) is 43.6 Å². The Morgan fingerprint density at radius 1 is 1.00 bits per heavy atom. The molecule has 1 aromatic carbocycles. The summed E-state index contributed by atoms with van der Waals surface area (Å²) in [6.45, 7) is 6.74. The monoisotopic (exact) mass is 364 g/mol. The van der Waals surface area contributed by atoms with Gasteiger partial charge in [-0.1, -0.05) is 56.8 Å². The maximum atomic E-state index is 4.48. The number of thioether (sulfide) groups is 1. The molecule has 0 aliphatic heterocycles. The Kier molecular flexibility index (Phi) is 4.57.